The van der Waals surface area contributed by atoms with E-state index in [1.165, 1.54) is 12.3 Å². The zero-order valence-electron chi connectivity index (χ0n) is 9.83. The first-order valence-electron chi connectivity index (χ1n) is 5.36. The van der Waals surface area contributed by atoms with Gasteiger partial charge < -0.3 is 5.32 Å². The van der Waals surface area contributed by atoms with Gasteiger partial charge in [-0.2, -0.15) is 4.39 Å². The SMILES string of the molecule is CNC(Cc1ccnc(F)c1)C(=O)C(C)C. The number of ketones is 1. The van der Waals surface area contributed by atoms with Crippen molar-refractivity contribution in [2.75, 3.05) is 7.05 Å². The monoisotopic (exact) mass is 224 g/mol. The number of carbonyl (C=O) groups excluding carboxylic acids is 1. The van der Waals surface area contributed by atoms with Gasteiger partial charge in [-0.15, -0.1) is 0 Å². The first-order chi connectivity index (χ1) is 7.54. The molecule has 0 amide bonds. The van der Waals surface area contributed by atoms with Gasteiger partial charge in [0.1, 0.15) is 0 Å². The molecule has 0 aliphatic rings. The number of hydrogen-bond acceptors (Lipinski definition) is 3. The van der Waals surface area contributed by atoms with E-state index < -0.39 is 5.95 Å². The topological polar surface area (TPSA) is 42.0 Å². The quantitative estimate of drug-likeness (QED) is 0.772. The van der Waals surface area contributed by atoms with E-state index in [1.54, 1.807) is 13.1 Å². The summed E-state index contributed by atoms with van der Waals surface area (Å²) in [6.45, 7) is 3.72. The fourth-order valence-corrected chi connectivity index (χ4v) is 1.55. The number of carbonyl (C=O) groups is 1. The van der Waals surface area contributed by atoms with E-state index in [2.05, 4.69) is 10.3 Å². The van der Waals surface area contributed by atoms with Crippen LogP contribution >= 0.6 is 0 Å². The van der Waals surface area contributed by atoms with Crippen LogP contribution in [0.3, 0.4) is 0 Å². The van der Waals surface area contributed by atoms with Gasteiger partial charge in [0.15, 0.2) is 5.78 Å². The summed E-state index contributed by atoms with van der Waals surface area (Å²) < 4.78 is 12.9. The van der Waals surface area contributed by atoms with Crippen molar-refractivity contribution >= 4 is 5.78 Å². The van der Waals surface area contributed by atoms with Gasteiger partial charge in [-0.1, -0.05) is 13.8 Å². The lowest BCUT2D eigenvalue weighted by Crippen LogP contribution is -2.38. The van der Waals surface area contributed by atoms with Crippen LogP contribution in [0.25, 0.3) is 0 Å². The van der Waals surface area contributed by atoms with E-state index in [0.29, 0.717) is 6.42 Å². The number of Topliss-reactive ketones (excluding diaryl/α,β-unsaturated/α-hetero) is 1. The third-order valence-electron chi connectivity index (χ3n) is 2.49. The highest BCUT2D eigenvalue weighted by atomic mass is 19.1. The van der Waals surface area contributed by atoms with Crippen molar-refractivity contribution in [2.24, 2.45) is 5.92 Å². The predicted molar refractivity (Wildman–Crippen MR) is 60.6 cm³/mol. The Kier molecular flexibility index (Phi) is 4.55. The normalized spacial score (nSPS) is 12.8. The molecule has 0 aromatic carbocycles. The Balaban J connectivity index is 2.74. The van der Waals surface area contributed by atoms with E-state index in [9.17, 15) is 9.18 Å². The minimum Gasteiger partial charge on any atom is -0.310 e. The fourth-order valence-electron chi connectivity index (χ4n) is 1.55. The molecule has 1 unspecified atom stereocenters. The van der Waals surface area contributed by atoms with Crippen LogP contribution < -0.4 is 5.32 Å². The molecule has 1 N–H and O–H groups in total. The van der Waals surface area contributed by atoms with Crippen LogP contribution in [0, 0.1) is 11.9 Å². The molecular weight excluding hydrogens is 207 g/mol. The third-order valence-corrected chi connectivity index (χ3v) is 2.49. The average molecular weight is 224 g/mol. The molecule has 3 nitrogen and oxygen atoms in total. The smallest absolute Gasteiger partial charge is 0.213 e. The Labute approximate surface area is 95.1 Å². The summed E-state index contributed by atoms with van der Waals surface area (Å²) in [5.41, 5.74) is 0.779. The first-order valence-corrected chi connectivity index (χ1v) is 5.36. The van der Waals surface area contributed by atoms with Gasteiger partial charge in [0.2, 0.25) is 5.95 Å². The Morgan fingerprint density at radius 3 is 2.75 bits per heavy atom. The molecule has 1 atom stereocenters. The van der Waals surface area contributed by atoms with Gasteiger partial charge in [-0.3, -0.25) is 4.79 Å². The summed E-state index contributed by atoms with van der Waals surface area (Å²) >= 11 is 0. The van der Waals surface area contributed by atoms with Crippen LogP contribution in [0.1, 0.15) is 19.4 Å². The fraction of sp³-hybridized carbons (Fsp3) is 0.500. The second kappa shape index (κ2) is 5.70. The van der Waals surface area contributed by atoms with Gasteiger partial charge >= 0.3 is 0 Å². The summed E-state index contributed by atoms with van der Waals surface area (Å²) in [6.07, 6.45) is 1.91. The maximum absolute atomic E-state index is 12.9. The number of likely N-dealkylation sites (N-methyl/N-ethyl adjacent to an activating group) is 1. The van der Waals surface area contributed by atoms with Crippen molar-refractivity contribution in [1.29, 1.82) is 0 Å². The summed E-state index contributed by atoms with van der Waals surface area (Å²) in [6, 6.07) is 2.82. The van der Waals surface area contributed by atoms with Crippen LogP contribution in [0.15, 0.2) is 18.3 Å². The Bertz CT molecular complexity index is 366. The number of nitrogens with zero attached hydrogens (tertiary/aromatic N) is 1. The highest BCUT2D eigenvalue weighted by molar-refractivity contribution is 5.85. The lowest BCUT2D eigenvalue weighted by atomic mass is 9.96. The molecule has 0 saturated heterocycles. The van der Waals surface area contributed by atoms with E-state index >= 15 is 0 Å². The minimum atomic E-state index is -0.510. The molecule has 0 aliphatic heterocycles. The van der Waals surface area contributed by atoms with Crippen LogP contribution in [-0.4, -0.2) is 23.9 Å². The molecule has 0 bridgehead atoms. The Hall–Kier alpha value is -1.29. The lowest BCUT2D eigenvalue weighted by Gasteiger charge is -2.17. The molecule has 1 aromatic rings. The van der Waals surface area contributed by atoms with Crippen LogP contribution in [0.2, 0.25) is 0 Å². The van der Waals surface area contributed by atoms with Gasteiger partial charge in [0.25, 0.3) is 0 Å². The molecular formula is C12H17FN2O. The molecule has 0 aliphatic carbocycles. The lowest BCUT2D eigenvalue weighted by molar-refractivity contribution is -0.123. The molecule has 0 radical (unpaired) electrons. The van der Waals surface area contributed by atoms with Crippen LogP contribution in [-0.2, 0) is 11.2 Å². The molecule has 0 spiro atoms. The Morgan fingerprint density at radius 2 is 2.25 bits per heavy atom. The highest BCUT2D eigenvalue weighted by Crippen LogP contribution is 2.08. The second-order valence-electron chi connectivity index (χ2n) is 4.09. The van der Waals surface area contributed by atoms with E-state index in [4.69, 9.17) is 0 Å². The highest BCUT2D eigenvalue weighted by Gasteiger charge is 2.19. The number of pyridine rings is 1. The molecule has 1 aromatic heterocycles. The largest absolute Gasteiger partial charge is 0.310 e. The van der Waals surface area contributed by atoms with E-state index in [1.807, 2.05) is 13.8 Å². The third kappa shape index (κ3) is 3.38. The number of aromatic nitrogens is 1. The van der Waals surface area contributed by atoms with Gasteiger partial charge in [-0.05, 0) is 31.2 Å². The molecule has 16 heavy (non-hydrogen) atoms. The van der Waals surface area contributed by atoms with Crippen molar-refractivity contribution < 1.29 is 9.18 Å². The van der Waals surface area contributed by atoms with Crippen molar-refractivity contribution in [3.63, 3.8) is 0 Å². The first kappa shape index (κ1) is 12.8. The second-order valence-corrected chi connectivity index (χ2v) is 4.09. The zero-order chi connectivity index (χ0) is 12.1. The van der Waals surface area contributed by atoms with Crippen molar-refractivity contribution in [3.05, 3.63) is 29.8 Å². The standard InChI is InChI=1S/C12H17FN2O/c1-8(2)12(16)10(14-3)6-9-4-5-15-11(13)7-9/h4-5,7-8,10,14H,6H2,1-3H3. The van der Waals surface area contributed by atoms with Crippen LogP contribution in [0.5, 0.6) is 0 Å². The van der Waals surface area contributed by atoms with E-state index in [-0.39, 0.29) is 17.7 Å². The summed E-state index contributed by atoms with van der Waals surface area (Å²) in [7, 11) is 1.74. The number of rotatable bonds is 5. The minimum absolute atomic E-state index is 0.0239. The maximum Gasteiger partial charge on any atom is 0.213 e. The molecule has 1 heterocycles. The number of halogens is 1. The summed E-state index contributed by atoms with van der Waals surface area (Å²) in [4.78, 5) is 15.3. The number of nitrogens with one attached hydrogen (secondary N) is 1. The average Bonchev–Trinajstić information content (AvgIpc) is 2.25. The zero-order valence-corrected chi connectivity index (χ0v) is 9.83. The molecule has 88 valence electrons. The summed E-state index contributed by atoms with van der Waals surface area (Å²) in [5, 5.41) is 2.96. The van der Waals surface area contributed by atoms with Crippen LogP contribution in [0.4, 0.5) is 4.39 Å². The number of hydrogen-bond donors (Lipinski definition) is 1. The molecule has 0 fully saturated rings. The van der Waals surface area contributed by atoms with Gasteiger partial charge in [0.05, 0.1) is 6.04 Å². The van der Waals surface area contributed by atoms with Gasteiger partial charge in [0, 0.05) is 12.1 Å². The molecule has 1 rings (SSSR count). The maximum atomic E-state index is 12.9. The van der Waals surface area contributed by atoms with Crippen molar-refractivity contribution in [3.8, 4) is 0 Å². The molecule has 4 heteroatoms. The summed E-state index contributed by atoms with van der Waals surface area (Å²) in [5.74, 6) is -0.395. The van der Waals surface area contributed by atoms with Gasteiger partial charge in [-0.25, -0.2) is 4.98 Å². The predicted octanol–water partition coefficient (Wildman–Crippen LogP) is 1.58. The van der Waals surface area contributed by atoms with Crippen molar-refractivity contribution in [2.45, 2.75) is 26.3 Å². The van der Waals surface area contributed by atoms with E-state index in [0.717, 1.165) is 5.56 Å². The Morgan fingerprint density at radius 1 is 1.56 bits per heavy atom. The molecule has 0 saturated carbocycles. The van der Waals surface area contributed by atoms with Crippen molar-refractivity contribution in [1.82, 2.24) is 10.3 Å².